The van der Waals surface area contributed by atoms with Crippen molar-refractivity contribution in [3.63, 3.8) is 0 Å². The second-order valence-corrected chi connectivity index (χ2v) is 4.87. The molecular weight excluding hydrogens is 202 g/mol. The van der Waals surface area contributed by atoms with Gasteiger partial charge < -0.3 is 4.74 Å². The fraction of sp³-hybridized carbons (Fsp3) is 0.923. The molecule has 94 valence electrons. The lowest BCUT2D eigenvalue weighted by Gasteiger charge is -2.33. The fourth-order valence-corrected chi connectivity index (χ4v) is 2.69. The second-order valence-electron chi connectivity index (χ2n) is 4.87. The molecule has 0 N–H and O–H groups in total. The minimum atomic E-state index is -0.0439. The van der Waals surface area contributed by atoms with Crippen molar-refractivity contribution in [1.29, 1.82) is 0 Å². The quantitative estimate of drug-likeness (QED) is 0.676. The van der Waals surface area contributed by atoms with E-state index in [1.54, 1.807) is 0 Å². The van der Waals surface area contributed by atoms with Crippen LogP contribution in [-0.4, -0.2) is 36.1 Å². The van der Waals surface area contributed by atoms with E-state index in [1.165, 1.54) is 12.8 Å². The van der Waals surface area contributed by atoms with Crippen molar-refractivity contribution < 1.29 is 9.53 Å². The van der Waals surface area contributed by atoms with Crippen LogP contribution in [0.1, 0.15) is 47.0 Å². The van der Waals surface area contributed by atoms with Crippen LogP contribution in [0.15, 0.2) is 0 Å². The molecule has 0 aromatic heterocycles. The molecule has 2 unspecified atom stereocenters. The first-order valence-electron chi connectivity index (χ1n) is 6.54. The highest BCUT2D eigenvalue weighted by molar-refractivity contribution is 5.75. The predicted octanol–water partition coefficient (Wildman–Crippen LogP) is 2.45. The molecule has 1 fully saturated rings. The average Bonchev–Trinajstić information content (AvgIpc) is 2.68. The maximum atomic E-state index is 11.9. The Labute approximate surface area is 99.1 Å². The zero-order valence-corrected chi connectivity index (χ0v) is 11.0. The topological polar surface area (TPSA) is 29.5 Å². The first kappa shape index (κ1) is 13.5. The molecule has 0 bridgehead atoms. The van der Waals surface area contributed by atoms with Gasteiger partial charge in [0.25, 0.3) is 0 Å². The number of hydrogen-bond acceptors (Lipinski definition) is 3. The number of carbonyl (C=O) groups excluding carboxylic acids is 1. The van der Waals surface area contributed by atoms with Gasteiger partial charge in [0, 0.05) is 6.04 Å². The third kappa shape index (κ3) is 2.97. The van der Waals surface area contributed by atoms with Crippen molar-refractivity contribution in [3.05, 3.63) is 0 Å². The molecule has 3 nitrogen and oxygen atoms in total. The van der Waals surface area contributed by atoms with E-state index in [2.05, 4.69) is 25.7 Å². The maximum Gasteiger partial charge on any atom is 0.323 e. The van der Waals surface area contributed by atoms with E-state index in [0.29, 0.717) is 18.6 Å². The molecule has 0 aromatic rings. The van der Waals surface area contributed by atoms with Crippen molar-refractivity contribution >= 4 is 5.97 Å². The first-order valence-corrected chi connectivity index (χ1v) is 6.54. The Kier molecular flexibility index (Phi) is 5.26. The molecule has 2 atom stereocenters. The largest absolute Gasteiger partial charge is 0.465 e. The summed E-state index contributed by atoms with van der Waals surface area (Å²) in [5.41, 5.74) is 0. The van der Waals surface area contributed by atoms with Gasteiger partial charge in [-0.1, -0.05) is 20.8 Å². The Bertz CT molecular complexity index is 228. The van der Waals surface area contributed by atoms with E-state index in [1.807, 2.05) is 6.92 Å². The number of rotatable bonds is 5. The first-order chi connectivity index (χ1) is 7.61. The highest BCUT2D eigenvalue weighted by Gasteiger charge is 2.35. The SMILES string of the molecule is CCOC(=O)C(CC)N1CCCC1C(C)C. The molecule has 1 heterocycles. The summed E-state index contributed by atoms with van der Waals surface area (Å²) < 4.78 is 5.15. The van der Waals surface area contributed by atoms with Crippen LogP contribution in [-0.2, 0) is 9.53 Å². The number of esters is 1. The summed E-state index contributed by atoms with van der Waals surface area (Å²) in [6.45, 7) is 9.93. The van der Waals surface area contributed by atoms with Crippen molar-refractivity contribution in [2.75, 3.05) is 13.2 Å². The Morgan fingerprint density at radius 3 is 2.62 bits per heavy atom. The molecule has 16 heavy (non-hydrogen) atoms. The van der Waals surface area contributed by atoms with Crippen LogP contribution < -0.4 is 0 Å². The zero-order valence-electron chi connectivity index (χ0n) is 11.0. The molecule has 0 saturated carbocycles. The van der Waals surface area contributed by atoms with E-state index >= 15 is 0 Å². The molecule has 0 aromatic carbocycles. The third-order valence-corrected chi connectivity index (χ3v) is 3.46. The second kappa shape index (κ2) is 6.24. The lowest BCUT2D eigenvalue weighted by Crippen LogP contribution is -2.46. The van der Waals surface area contributed by atoms with Crippen molar-refractivity contribution in [2.45, 2.75) is 59.0 Å². The van der Waals surface area contributed by atoms with Crippen LogP contribution >= 0.6 is 0 Å². The van der Waals surface area contributed by atoms with Crippen LogP contribution in [0.3, 0.4) is 0 Å². The highest BCUT2D eigenvalue weighted by Crippen LogP contribution is 2.27. The summed E-state index contributed by atoms with van der Waals surface area (Å²) >= 11 is 0. The monoisotopic (exact) mass is 227 g/mol. The van der Waals surface area contributed by atoms with Crippen LogP contribution in [0.5, 0.6) is 0 Å². The molecular formula is C13H25NO2. The van der Waals surface area contributed by atoms with Crippen LogP contribution in [0.4, 0.5) is 0 Å². The summed E-state index contributed by atoms with van der Waals surface area (Å²) in [5.74, 6) is 0.573. The fourth-order valence-electron chi connectivity index (χ4n) is 2.69. The van der Waals surface area contributed by atoms with E-state index in [4.69, 9.17) is 4.74 Å². The maximum absolute atomic E-state index is 11.9. The van der Waals surface area contributed by atoms with Crippen LogP contribution in [0.2, 0.25) is 0 Å². The lowest BCUT2D eigenvalue weighted by atomic mass is 10.0. The van der Waals surface area contributed by atoms with Gasteiger partial charge in [0.2, 0.25) is 0 Å². The summed E-state index contributed by atoms with van der Waals surface area (Å²) in [4.78, 5) is 14.2. The highest BCUT2D eigenvalue weighted by atomic mass is 16.5. The molecule has 1 aliphatic heterocycles. The molecule has 1 rings (SSSR count). The summed E-state index contributed by atoms with van der Waals surface area (Å²) in [6, 6.07) is 0.518. The molecule has 0 radical (unpaired) electrons. The van der Waals surface area contributed by atoms with Gasteiger partial charge in [-0.15, -0.1) is 0 Å². The summed E-state index contributed by atoms with van der Waals surface area (Å²) in [6.07, 6.45) is 3.27. The van der Waals surface area contributed by atoms with Gasteiger partial charge >= 0.3 is 5.97 Å². The minimum absolute atomic E-state index is 0.0325. The van der Waals surface area contributed by atoms with E-state index in [-0.39, 0.29) is 12.0 Å². The molecule has 3 heteroatoms. The van der Waals surface area contributed by atoms with Crippen LogP contribution in [0, 0.1) is 5.92 Å². The van der Waals surface area contributed by atoms with Crippen molar-refractivity contribution in [1.82, 2.24) is 4.90 Å². The number of nitrogens with zero attached hydrogens (tertiary/aromatic N) is 1. The Morgan fingerprint density at radius 1 is 1.44 bits per heavy atom. The molecule has 0 spiro atoms. The van der Waals surface area contributed by atoms with E-state index in [9.17, 15) is 4.79 Å². The Hall–Kier alpha value is -0.570. The number of hydrogen-bond donors (Lipinski definition) is 0. The lowest BCUT2D eigenvalue weighted by molar-refractivity contribution is -0.150. The molecule has 0 aliphatic carbocycles. The van der Waals surface area contributed by atoms with E-state index in [0.717, 1.165) is 13.0 Å². The predicted molar refractivity (Wildman–Crippen MR) is 65.3 cm³/mol. The summed E-state index contributed by atoms with van der Waals surface area (Å²) in [5, 5.41) is 0. The standard InChI is InChI=1S/C13H25NO2/c1-5-11(13(15)16-6-2)14-9-7-8-12(14)10(3)4/h10-12H,5-9H2,1-4H3. The van der Waals surface area contributed by atoms with Crippen LogP contribution in [0.25, 0.3) is 0 Å². The van der Waals surface area contributed by atoms with Gasteiger partial charge in [-0.3, -0.25) is 9.69 Å². The summed E-state index contributed by atoms with van der Waals surface area (Å²) in [7, 11) is 0. The van der Waals surface area contributed by atoms with Gasteiger partial charge in [-0.2, -0.15) is 0 Å². The van der Waals surface area contributed by atoms with Gasteiger partial charge in [0.1, 0.15) is 6.04 Å². The number of carbonyl (C=O) groups is 1. The molecule has 1 saturated heterocycles. The Balaban J connectivity index is 2.67. The Morgan fingerprint density at radius 2 is 2.12 bits per heavy atom. The van der Waals surface area contributed by atoms with Gasteiger partial charge in [-0.05, 0) is 38.6 Å². The average molecular weight is 227 g/mol. The van der Waals surface area contributed by atoms with E-state index < -0.39 is 0 Å². The number of ether oxygens (including phenoxy) is 1. The smallest absolute Gasteiger partial charge is 0.323 e. The van der Waals surface area contributed by atoms with Crippen molar-refractivity contribution in [3.8, 4) is 0 Å². The minimum Gasteiger partial charge on any atom is -0.465 e. The van der Waals surface area contributed by atoms with Gasteiger partial charge in [0.05, 0.1) is 6.61 Å². The normalized spacial score (nSPS) is 23.7. The van der Waals surface area contributed by atoms with Gasteiger partial charge in [0.15, 0.2) is 0 Å². The van der Waals surface area contributed by atoms with Crippen molar-refractivity contribution in [2.24, 2.45) is 5.92 Å². The zero-order chi connectivity index (χ0) is 12.1. The molecule has 0 amide bonds. The molecule has 1 aliphatic rings. The third-order valence-electron chi connectivity index (χ3n) is 3.46. The van der Waals surface area contributed by atoms with Gasteiger partial charge in [-0.25, -0.2) is 0 Å². The number of likely N-dealkylation sites (tertiary alicyclic amines) is 1.